The molecule has 2 heteroatoms. The minimum Gasteiger partial charge on any atom is -0.330 e. The Hall–Kier alpha value is 0.310. The molecule has 1 nitrogen and oxygen atoms in total. The van der Waals surface area contributed by atoms with Crippen molar-refractivity contribution >= 4 is 11.8 Å². The maximum absolute atomic E-state index is 5.69. The van der Waals surface area contributed by atoms with E-state index < -0.39 is 0 Å². The fourth-order valence-electron chi connectivity index (χ4n) is 5.24. The molecule has 18 heavy (non-hydrogen) atoms. The Balaban J connectivity index is 1.47. The Kier molecular flexibility index (Phi) is 3.96. The molecule has 0 saturated heterocycles. The van der Waals surface area contributed by atoms with E-state index in [1.807, 2.05) is 0 Å². The van der Waals surface area contributed by atoms with Gasteiger partial charge in [0.2, 0.25) is 0 Å². The molecule has 0 spiro atoms. The van der Waals surface area contributed by atoms with Crippen molar-refractivity contribution in [2.24, 2.45) is 34.8 Å². The van der Waals surface area contributed by atoms with Crippen LogP contribution in [0.5, 0.6) is 0 Å². The minimum absolute atomic E-state index is 0.700. The Morgan fingerprint density at radius 1 is 1.11 bits per heavy atom. The van der Waals surface area contributed by atoms with Crippen LogP contribution < -0.4 is 5.73 Å². The van der Waals surface area contributed by atoms with Crippen molar-refractivity contribution in [3.05, 3.63) is 0 Å². The van der Waals surface area contributed by atoms with Crippen molar-refractivity contribution in [3.63, 3.8) is 0 Å². The highest BCUT2D eigenvalue weighted by atomic mass is 32.2. The normalized spacial score (nSPS) is 43.3. The van der Waals surface area contributed by atoms with Gasteiger partial charge in [-0.1, -0.05) is 6.92 Å². The standard InChI is InChI=1S/C16H29NS/c1-12(10-17)11-18-3-2-16-7-13-4-14(8-16)6-15(5-13)9-16/h12-15H,2-11,17H2,1H3. The van der Waals surface area contributed by atoms with E-state index in [9.17, 15) is 0 Å². The molecule has 0 amide bonds. The predicted molar refractivity (Wildman–Crippen MR) is 80.8 cm³/mol. The predicted octanol–water partition coefficient (Wildman–Crippen LogP) is 3.92. The summed E-state index contributed by atoms with van der Waals surface area (Å²) < 4.78 is 0. The van der Waals surface area contributed by atoms with Crippen LogP contribution in [0, 0.1) is 29.1 Å². The summed E-state index contributed by atoms with van der Waals surface area (Å²) in [7, 11) is 0. The molecule has 0 aromatic carbocycles. The summed E-state index contributed by atoms with van der Waals surface area (Å²) in [5.74, 6) is 6.70. The topological polar surface area (TPSA) is 26.0 Å². The van der Waals surface area contributed by atoms with E-state index in [0.717, 1.165) is 29.7 Å². The van der Waals surface area contributed by atoms with Gasteiger partial charge in [-0.3, -0.25) is 0 Å². The van der Waals surface area contributed by atoms with Crippen LogP contribution in [0.15, 0.2) is 0 Å². The SMILES string of the molecule is CC(CN)CSCCC12CC3CC(CC(C3)C1)C2. The van der Waals surface area contributed by atoms with Gasteiger partial charge >= 0.3 is 0 Å². The summed E-state index contributed by atoms with van der Waals surface area (Å²) in [6.07, 6.45) is 11.0. The molecule has 2 N–H and O–H groups in total. The van der Waals surface area contributed by atoms with E-state index in [0.29, 0.717) is 5.92 Å². The number of thioether (sulfide) groups is 1. The van der Waals surface area contributed by atoms with E-state index in [4.69, 9.17) is 5.73 Å². The van der Waals surface area contributed by atoms with Crippen LogP contribution in [0.2, 0.25) is 0 Å². The van der Waals surface area contributed by atoms with Gasteiger partial charge in [0.1, 0.15) is 0 Å². The summed E-state index contributed by atoms with van der Waals surface area (Å²) in [4.78, 5) is 0. The van der Waals surface area contributed by atoms with Crippen molar-refractivity contribution in [3.8, 4) is 0 Å². The second-order valence-electron chi connectivity index (χ2n) is 7.58. The number of hydrogen-bond donors (Lipinski definition) is 1. The Morgan fingerprint density at radius 3 is 2.17 bits per heavy atom. The van der Waals surface area contributed by atoms with Crippen LogP contribution in [-0.2, 0) is 0 Å². The van der Waals surface area contributed by atoms with Crippen LogP contribution >= 0.6 is 11.8 Å². The fraction of sp³-hybridized carbons (Fsp3) is 1.00. The summed E-state index contributed by atoms with van der Waals surface area (Å²) in [6.45, 7) is 3.13. The van der Waals surface area contributed by atoms with Crippen LogP contribution in [0.25, 0.3) is 0 Å². The van der Waals surface area contributed by atoms with Gasteiger partial charge in [0.25, 0.3) is 0 Å². The van der Waals surface area contributed by atoms with Crippen LogP contribution in [0.4, 0.5) is 0 Å². The highest BCUT2D eigenvalue weighted by Gasteiger charge is 2.50. The highest BCUT2D eigenvalue weighted by Crippen LogP contribution is 2.61. The Labute approximate surface area is 117 Å². The van der Waals surface area contributed by atoms with Crippen molar-refractivity contribution in [1.29, 1.82) is 0 Å². The monoisotopic (exact) mass is 267 g/mol. The second kappa shape index (κ2) is 5.36. The molecule has 4 rings (SSSR count). The molecule has 0 heterocycles. The highest BCUT2D eigenvalue weighted by molar-refractivity contribution is 7.99. The average molecular weight is 267 g/mol. The van der Waals surface area contributed by atoms with Gasteiger partial charge in [-0.05, 0) is 92.1 Å². The lowest BCUT2D eigenvalue weighted by molar-refractivity contribution is -0.0538. The largest absolute Gasteiger partial charge is 0.330 e. The lowest BCUT2D eigenvalue weighted by Crippen LogP contribution is -2.46. The summed E-state index contributed by atoms with van der Waals surface area (Å²) >= 11 is 2.15. The lowest BCUT2D eigenvalue weighted by atomic mass is 9.49. The van der Waals surface area contributed by atoms with Gasteiger partial charge in [-0.15, -0.1) is 0 Å². The number of hydrogen-bond acceptors (Lipinski definition) is 2. The molecule has 104 valence electrons. The molecule has 1 unspecified atom stereocenters. The zero-order valence-corrected chi connectivity index (χ0v) is 12.7. The molecule has 4 aliphatic carbocycles. The van der Waals surface area contributed by atoms with Gasteiger partial charge in [-0.2, -0.15) is 11.8 Å². The first-order valence-corrected chi connectivity index (χ1v) is 9.12. The van der Waals surface area contributed by atoms with Crippen molar-refractivity contribution in [1.82, 2.24) is 0 Å². The van der Waals surface area contributed by atoms with Crippen LogP contribution in [0.1, 0.15) is 51.9 Å². The number of nitrogens with two attached hydrogens (primary N) is 1. The van der Waals surface area contributed by atoms with Crippen LogP contribution in [0.3, 0.4) is 0 Å². The second-order valence-corrected chi connectivity index (χ2v) is 8.73. The van der Waals surface area contributed by atoms with E-state index in [2.05, 4.69) is 18.7 Å². The van der Waals surface area contributed by atoms with Crippen molar-refractivity contribution in [2.75, 3.05) is 18.1 Å². The maximum atomic E-state index is 5.69. The quantitative estimate of drug-likeness (QED) is 0.738. The number of rotatable bonds is 6. The molecular formula is C16H29NS. The first-order chi connectivity index (χ1) is 8.69. The fourth-order valence-corrected chi connectivity index (χ4v) is 6.52. The molecular weight excluding hydrogens is 238 g/mol. The van der Waals surface area contributed by atoms with E-state index >= 15 is 0 Å². The van der Waals surface area contributed by atoms with Crippen molar-refractivity contribution < 1.29 is 0 Å². The van der Waals surface area contributed by atoms with Gasteiger partial charge in [0, 0.05) is 0 Å². The third kappa shape index (κ3) is 2.75. The molecule has 0 radical (unpaired) electrons. The molecule has 4 aliphatic rings. The third-order valence-electron chi connectivity index (χ3n) is 5.75. The molecule has 0 aromatic rings. The molecule has 4 bridgehead atoms. The van der Waals surface area contributed by atoms with Crippen molar-refractivity contribution in [2.45, 2.75) is 51.9 Å². The molecule has 1 atom stereocenters. The van der Waals surface area contributed by atoms with Gasteiger partial charge in [0.05, 0.1) is 0 Å². The average Bonchev–Trinajstić information content (AvgIpc) is 2.32. The third-order valence-corrected chi connectivity index (χ3v) is 7.04. The molecule has 4 saturated carbocycles. The maximum Gasteiger partial charge on any atom is -0.00297 e. The zero-order chi connectivity index (χ0) is 12.6. The molecule has 0 aliphatic heterocycles. The summed E-state index contributed by atoms with van der Waals surface area (Å²) in [6, 6.07) is 0. The van der Waals surface area contributed by atoms with Crippen LogP contribution in [-0.4, -0.2) is 18.1 Å². The van der Waals surface area contributed by atoms with Gasteiger partial charge in [-0.25, -0.2) is 0 Å². The smallest absolute Gasteiger partial charge is 0.00297 e. The Morgan fingerprint density at radius 2 is 1.67 bits per heavy atom. The van der Waals surface area contributed by atoms with E-state index in [1.54, 1.807) is 38.5 Å². The van der Waals surface area contributed by atoms with Gasteiger partial charge < -0.3 is 5.73 Å². The summed E-state index contributed by atoms with van der Waals surface area (Å²) in [5.41, 5.74) is 6.47. The zero-order valence-electron chi connectivity index (χ0n) is 11.9. The minimum atomic E-state index is 0.700. The summed E-state index contributed by atoms with van der Waals surface area (Å²) in [5, 5.41) is 0. The first kappa shape index (κ1) is 13.3. The van der Waals surface area contributed by atoms with Gasteiger partial charge in [0.15, 0.2) is 0 Å². The Bertz CT molecular complexity index is 254. The lowest BCUT2D eigenvalue weighted by Gasteiger charge is -2.57. The first-order valence-electron chi connectivity index (χ1n) is 7.97. The van der Waals surface area contributed by atoms with E-state index in [1.165, 1.54) is 17.9 Å². The van der Waals surface area contributed by atoms with E-state index in [-0.39, 0.29) is 0 Å². The molecule has 4 fully saturated rings. The molecule has 0 aromatic heterocycles.